The van der Waals surface area contributed by atoms with E-state index in [2.05, 4.69) is 56.7 Å². The molecule has 348 valence electrons. The lowest BCUT2D eigenvalue weighted by molar-refractivity contribution is 0.0921. The van der Waals surface area contributed by atoms with E-state index in [0.29, 0.717) is 43.2 Å². The maximum Gasteiger partial charge on any atom is 0.314 e. The molecule has 0 unspecified atom stereocenters. The molecule has 0 radical (unpaired) electrons. The molecule has 4 aromatic heterocycles. The average Bonchev–Trinajstić information content (AvgIpc) is 4.01. The van der Waals surface area contributed by atoms with E-state index in [0.717, 1.165) is 49.9 Å². The van der Waals surface area contributed by atoms with Crippen LogP contribution in [0.1, 0.15) is 89.9 Å². The number of aryl methyl sites for hydroxylation is 2. The van der Waals surface area contributed by atoms with Gasteiger partial charge in [-0.25, -0.2) is 23.5 Å². The number of aromatic nitrogens is 8. The number of nitrogens with one attached hydrogen (secondary N) is 5. The topological polar surface area (TPSA) is 261 Å². The predicted octanol–water partition coefficient (Wildman–Crippen LogP) is 2.68. The summed E-state index contributed by atoms with van der Waals surface area (Å²) in [5.41, 5.74) is 8.18. The lowest BCUT2D eigenvalue weighted by atomic mass is 9.97. The second kappa shape index (κ2) is 22.1. The normalized spacial score (nSPS) is 14.2. The van der Waals surface area contributed by atoms with Gasteiger partial charge in [-0.1, -0.05) is 24.3 Å². The number of hydrogen-bond donors (Lipinski definition) is 6. The van der Waals surface area contributed by atoms with E-state index in [-0.39, 0.29) is 83.3 Å². The van der Waals surface area contributed by atoms with Crippen molar-refractivity contribution in [1.82, 2.24) is 70.6 Å². The fourth-order valence-corrected chi connectivity index (χ4v) is 7.46. The van der Waals surface area contributed by atoms with Crippen molar-refractivity contribution in [2.24, 2.45) is 17.6 Å². The lowest BCUT2D eigenvalue weighted by Gasteiger charge is -2.30. The molecule has 0 aliphatic carbocycles. The van der Waals surface area contributed by atoms with E-state index in [9.17, 15) is 32.8 Å². The molecular weight excluding hydrogens is 880 g/mol. The highest BCUT2D eigenvalue weighted by Gasteiger charge is 2.24. The number of primary amides is 1. The van der Waals surface area contributed by atoms with Crippen molar-refractivity contribution in [1.29, 1.82) is 0 Å². The molecule has 2 aliphatic heterocycles. The van der Waals surface area contributed by atoms with Crippen LogP contribution in [0.4, 0.5) is 13.6 Å². The number of fused-ring (bicyclic) bond motifs is 2. The van der Waals surface area contributed by atoms with Gasteiger partial charge in [0, 0.05) is 51.4 Å². The molecule has 2 saturated heterocycles. The Balaban J connectivity index is 0.000000216. The number of nitrogens with zero attached hydrogens (tertiary/aromatic N) is 9. The van der Waals surface area contributed by atoms with Gasteiger partial charge in [0.2, 0.25) is 0 Å². The zero-order chi connectivity index (χ0) is 46.0. The molecule has 6 amide bonds. The summed E-state index contributed by atoms with van der Waals surface area (Å²) in [5, 5.41) is 22.7. The van der Waals surface area contributed by atoms with Crippen molar-refractivity contribution in [2.75, 3.05) is 39.3 Å². The summed E-state index contributed by atoms with van der Waals surface area (Å²) >= 11 is 0. The average molecular weight is 930 g/mol. The third kappa shape index (κ3) is 12.1. The number of amides is 6. The van der Waals surface area contributed by atoms with E-state index in [1.54, 1.807) is 43.0 Å². The summed E-state index contributed by atoms with van der Waals surface area (Å²) in [6, 6.07) is 11.6. The van der Waals surface area contributed by atoms with Crippen molar-refractivity contribution in [3.05, 3.63) is 118 Å². The zero-order valence-electron chi connectivity index (χ0n) is 36.2. The smallest absolute Gasteiger partial charge is 0.314 e. The molecule has 0 bridgehead atoms. The molecule has 2 aromatic carbocycles. The highest BCUT2D eigenvalue weighted by molar-refractivity contribution is 5.99. The summed E-state index contributed by atoms with van der Waals surface area (Å²) in [4.78, 5) is 80.4. The Bertz CT molecular complexity index is 2720. The Labute approximate surface area is 383 Å². The van der Waals surface area contributed by atoms with Gasteiger partial charge in [0.15, 0.2) is 0 Å². The van der Waals surface area contributed by atoms with E-state index >= 15 is 0 Å². The molecule has 8 rings (SSSR count). The monoisotopic (exact) mass is 929 g/mol. The van der Waals surface area contributed by atoms with Crippen LogP contribution in [0.25, 0.3) is 11.6 Å². The van der Waals surface area contributed by atoms with Crippen LogP contribution in [0.5, 0.6) is 0 Å². The fraction of sp³-hybridized carbons (Fsp3) is 0.372. The van der Waals surface area contributed by atoms with Crippen LogP contribution in [-0.4, -0.2) is 113 Å². The number of likely N-dealkylation sites (tertiary alicyclic amines) is 1. The van der Waals surface area contributed by atoms with Gasteiger partial charge >= 0.3 is 6.03 Å². The largest absolute Gasteiger partial charge is 0.351 e. The summed E-state index contributed by atoms with van der Waals surface area (Å²) in [6.45, 7) is 7.65. The van der Waals surface area contributed by atoms with Gasteiger partial charge in [0.25, 0.3) is 35.2 Å². The standard InChI is InChI=1S/C22H25FN8O3.C21H24FN7O2.ClH/c1-13-8-15(2-3-16(13)23)11-25-19(32)17-9-18(31-22(29-17)27-12-28-31)20(33)26-10-14-4-6-30(7-5-14)21(24)34;1-13-8-15(2-3-16(13)22)11-24-19(30)17-9-18(29-21(28-17)26-12-27-29)20(31)25-10-14-4-6-23-7-5-14;/h2-3,8-9,12,14H,4-7,10-11H2,1H3,(H2,24,34)(H,25,32)(H,26,33);2-3,8-9,12,14,23H,4-7,10-11H2,1H3,(H,24,30)(H,25,31);1H. The number of rotatable bonds is 12. The molecule has 2 fully saturated rings. The molecule has 23 heteroatoms. The van der Waals surface area contributed by atoms with Crippen LogP contribution >= 0.6 is 12.4 Å². The van der Waals surface area contributed by atoms with E-state index < -0.39 is 23.8 Å². The van der Waals surface area contributed by atoms with E-state index in [1.165, 1.54) is 46.0 Å². The van der Waals surface area contributed by atoms with Gasteiger partial charge < -0.3 is 37.2 Å². The first kappa shape index (κ1) is 48.3. The first-order valence-electron chi connectivity index (χ1n) is 21.1. The van der Waals surface area contributed by atoms with Gasteiger partial charge in [-0.05, 0) is 98.8 Å². The Hall–Kier alpha value is -7.20. The first-order valence-corrected chi connectivity index (χ1v) is 21.1. The number of benzene rings is 2. The highest BCUT2D eigenvalue weighted by Crippen LogP contribution is 2.17. The molecule has 20 nitrogen and oxygen atoms in total. The minimum Gasteiger partial charge on any atom is -0.351 e. The van der Waals surface area contributed by atoms with E-state index in [4.69, 9.17) is 5.73 Å². The third-order valence-corrected chi connectivity index (χ3v) is 11.3. The van der Waals surface area contributed by atoms with Crippen LogP contribution in [0.15, 0.2) is 61.2 Å². The van der Waals surface area contributed by atoms with Crippen LogP contribution in [-0.2, 0) is 13.1 Å². The minimum absolute atomic E-state index is 0. The van der Waals surface area contributed by atoms with Crippen LogP contribution < -0.4 is 32.3 Å². The Kier molecular flexibility index (Phi) is 16.2. The van der Waals surface area contributed by atoms with Gasteiger partial charge in [-0.3, -0.25) is 19.2 Å². The van der Waals surface area contributed by atoms with Crippen LogP contribution in [0.3, 0.4) is 0 Å². The number of urea groups is 1. The lowest BCUT2D eigenvalue weighted by Crippen LogP contribution is -2.44. The summed E-state index contributed by atoms with van der Waals surface area (Å²) < 4.78 is 29.5. The number of hydrogen-bond acceptors (Lipinski definition) is 12. The van der Waals surface area contributed by atoms with Crippen molar-refractivity contribution in [2.45, 2.75) is 52.6 Å². The Morgan fingerprint density at radius 1 is 0.652 bits per heavy atom. The molecular formula is C43H50ClF2N15O5. The first-order chi connectivity index (χ1) is 31.3. The van der Waals surface area contributed by atoms with Crippen molar-refractivity contribution < 1.29 is 32.8 Å². The quantitative estimate of drug-likeness (QED) is 0.104. The number of carbonyl (C=O) groups excluding carboxylic acids is 5. The van der Waals surface area contributed by atoms with Crippen molar-refractivity contribution in [3.63, 3.8) is 0 Å². The predicted molar refractivity (Wildman–Crippen MR) is 238 cm³/mol. The molecule has 6 aromatic rings. The summed E-state index contributed by atoms with van der Waals surface area (Å²) in [5.74, 6) is -1.42. The van der Waals surface area contributed by atoms with Crippen LogP contribution in [0.2, 0.25) is 0 Å². The Morgan fingerprint density at radius 2 is 1.09 bits per heavy atom. The Morgan fingerprint density at radius 3 is 1.52 bits per heavy atom. The number of carbonyl (C=O) groups is 5. The molecule has 0 spiro atoms. The summed E-state index contributed by atoms with van der Waals surface area (Å²) in [7, 11) is 0. The second-order valence-corrected chi connectivity index (χ2v) is 15.9. The SMILES string of the molecule is Cc1cc(CNC(=O)c2cc(C(=O)NCC3CCN(C(N)=O)CC3)n3ncnc3n2)ccc1F.Cc1cc(CNC(=O)c2cc(C(=O)NCC3CCNCC3)n3ncnc3n2)ccc1F.Cl. The molecule has 66 heavy (non-hydrogen) atoms. The van der Waals surface area contributed by atoms with Crippen molar-refractivity contribution in [3.8, 4) is 0 Å². The van der Waals surface area contributed by atoms with Gasteiger partial charge in [0.1, 0.15) is 47.1 Å². The van der Waals surface area contributed by atoms with E-state index in [1.807, 2.05) is 0 Å². The molecule has 7 N–H and O–H groups in total. The van der Waals surface area contributed by atoms with Gasteiger partial charge in [-0.2, -0.15) is 29.2 Å². The number of nitrogens with two attached hydrogens (primary N) is 1. The maximum absolute atomic E-state index is 13.5. The molecule has 0 atom stereocenters. The number of piperidine rings is 2. The van der Waals surface area contributed by atoms with Gasteiger partial charge in [-0.15, -0.1) is 12.4 Å². The van der Waals surface area contributed by atoms with Crippen LogP contribution in [0, 0.1) is 37.3 Å². The fourth-order valence-electron chi connectivity index (χ4n) is 7.46. The molecule has 0 saturated carbocycles. The minimum atomic E-state index is -0.500. The molecule has 2 aliphatic rings. The maximum atomic E-state index is 13.5. The van der Waals surface area contributed by atoms with Gasteiger partial charge in [0.05, 0.1) is 0 Å². The second-order valence-electron chi connectivity index (χ2n) is 15.9. The van der Waals surface area contributed by atoms with Crippen molar-refractivity contribution >= 4 is 53.6 Å². The summed E-state index contributed by atoms with van der Waals surface area (Å²) in [6.07, 6.45) is 6.01. The molecule has 6 heterocycles. The zero-order valence-corrected chi connectivity index (χ0v) is 37.0. The third-order valence-electron chi connectivity index (χ3n) is 11.3. The highest BCUT2D eigenvalue weighted by atomic mass is 35.5. The number of halogens is 3.